The number of aromatic nitrogens is 4. The van der Waals surface area contributed by atoms with Gasteiger partial charge >= 0.3 is 0 Å². The third kappa shape index (κ3) is 4.63. The number of amides is 1. The normalized spacial score (nSPS) is 12.0. The van der Waals surface area contributed by atoms with Crippen molar-refractivity contribution < 1.29 is 18.0 Å². The van der Waals surface area contributed by atoms with Gasteiger partial charge in [-0.05, 0) is 37.3 Å². The van der Waals surface area contributed by atoms with Crippen molar-refractivity contribution in [2.24, 2.45) is 0 Å². The Labute approximate surface area is 190 Å². The molecule has 1 atom stereocenters. The van der Waals surface area contributed by atoms with Crippen molar-refractivity contribution in [1.29, 1.82) is 0 Å². The molecule has 0 aliphatic carbocycles. The van der Waals surface area contributed by atoms with Crippen molar-refractivity contribution in [3.8, 4) is 22.8 Å². The molecule has 0 saturated carbocycles. The van der Waals surface area contributed by atoms with Crippen LogP contribution in [-0.4, -0.2) is 30.9 Å². The molecule has 3 aromatic heterocycles. The number of rotatable bonds is 8. The second-order valence-electron chi connectivity index (χ2n) is 6.60. The molecule has 0 saturated heterocycles. The maximum atomic E-state index is 13.5. The molecule has 4 rings (SSSR count). The fraction of sp³-hybridized carbons (Fsp3) is 0.143. The Kier molecular flexibility index (Phi) is 6.47. The van der Waals surface area contributed by atoms with E-state index in [2.05, 4.69) is 27.1 Å². The Hall–Kier alpha value is -3.31. The van der Waals surface area contributed by atoms with Crippen molar-refractivity contribution >= 4 is 34.1 Å². The minimum atomic E-state index is -0.955. The highest BCUT2D eigenvalue weighted by Crippen LogP contribution is 2.29. The summed E-state index contributed by atoms with van der Waals surface area (Å²) >= 11 is 2.43. The van der Waals surface area contributed by atoms with E-state index in [4.69, 9.17) is 4.42 Å². The monoisotopic (exact) mass is 473 g/mol. The first-order chi connectivity index (χ1) is 15.5. The van der Waals surface area contributed by atoms with Crippen molar-refractivity contribution in [1.82, 2.24) is 19.7 Å². The van der Waals surface area contributed by atoms with Crippen LogP contribution in [0, 0.1) is 11.6 Å². The van der Waals surface area contributed by atoms with E-state index in [9.17, 15) is 13.6 Å². The predicted molar refractivity (Wildman–Crippen MR) is 119 cm³/mol. The van der Waals surface area contributed by atoms with Gasteiger partial charge in [-0.3, -0.25) is 9.36 Å². The molecule has 0 radical (unpaired) electrons. The highest BCUT2D eigenvalue weighted by atomic mass is 32.2. The number of thiazole rings is 1. The zero-order valence-corrected chi connectivity index (χ0v) is 18.4. The Balaban J connectivity index is 1.45. The fourth-order valence-electron chi connectivity index (χ4n) is 2.80. The Morgan fingerprint density at radius 3 is 2.91 bits per heavy atom. The molecule has 164 valence electrons. The average molecular weight is 474 g/mol. The van der Waals surface area contributed by atoms with E-state index >= 15 is 0 Å². The number of thioether (sulfide) groups is 1. The molecule has 11 heteroatoms. The first-order valence-corrected chi connectivity index (χ1v) is 11.2. The van der Waals surface area contributed by atoms with Crippen LogP contribution < -0.4 is 5.32 Å². The van der Waals surface area contributed by atoms with Crippen LogP contribution in [0.2, 0.25) is 0 Å². The van der Waals surface area contributed by atoms with Gasteiger partial charge in [-0.25, -0.2) is 13.8 Å². The van der Waals surface area contributed by atoms with Crippen LogP contribution in [-0.2, 0) is 11.3 Å². The smallest absolute Gasteiger partial charge is 0.239 e. The van der Waals surface area contributed by atoms with Gasteiger partial charge in [-0.1, -0.05) is 17.8 Å². The van der Waals surface area contributed by atoms with E-state index in [1.165, 1.54) is 29.2 Å². The fourth-order valence-corrected chi connectivity index (χ4v) is 4.38. The van der Waals surface area contributed by atoms with Crippen molar-refractivity contribution in [2.45, 2.75) is 23.9 Å². The maximum absolute atomic E-state index is 13.5. The number of nitrogens with zero attached hydrogens (tertiary/aromatic N) is 4. The number of nitrogens with one attached hydrogen (secondary N) is 1. The SMILES string of the molecule is C=CCn1c(SC(C)C(=O)Nc2nc(-c3ccc(F)c(F)c3)cs2)nnc1-c1ccco1. The molecule has 0 spiro atoms. The number of hydrogen-bond acceptors (Lipinski definition) is 7. The van der Waals surface area contributed by atoms with Crippen molar-refractivity contribution in [3.63, 3.8) is 0 Å². The third-order valence-corrected chi connectivity index (χ3v) is 6.21. The highest BCUT2D eigenvalue weighted by Gasteiger charge is 2.22. The molecule has 1 unspecified atom stereocenters. The minimum Gasteiger partial charge on any atom is -0.461 e. The van der Waals surface area contributed by atoms with Gasteiger partial charge in [0.15, 0.2) is 27.7 Å². The summed E-state index contributed by atoms with van der Waals surface area (Å²) in [5.41, 5.74) is 0.865. The first-order valence-electron chi connectivity index (χ1n) is 9.42. The molecule has 3 heterocycles. The first kappa shape index (κ1) is 21.9. The Morgan fingerprint density at radius 1 is 1.34 bits per heavy atom. The lowest BCUT2D eigenvalue weighted by molar-refractivity contribution is -0.115. The molecule has 7 nitrogen and oxygen atoms in total. The molecule has 4 aromatic rings. The molecule has 0 aliphatic heterocycles. The van der Waals surface area contributed by atoms with Crippen LogP contribution >= 0.6 is 23.1 Å². The molecule has 1 N–H and O–H groups in total. The van der Waals surface area contributed by atoms with Crippen LogP contribution in [0.3, 0.4) is 0 Å². The molecular weight excluding hydrogens is 456 g/mol. The molecular formula is C21H17F2N5O2S2. The van der Waals surface area contributed by atoms with Gasteiger partial charge in [0.25, 0.3) is 0 Å². The Bertz CT molecular complexity index is 1250. The predicted octanol–water partition coefficient (Wildman–Crippen LogP) is 5.25. The van der Waals surface area contributed by atoms with E-state index < -0.39 is 16.9 Å². The number of carbonyl (C=O) groups excluding carboxylic acids is 1. The molecule has 0 fully saturated rings. The summed E-state index contributed by atoms with van der Waals surface area (Å²) in [6.07, 6.45) is 3.26. The van der Waals surface area contributed by atoms with Crippen molar-refractivity contribution in [2.75, 3.05) is 5.32 Å². The number of halogens is 2. The summed E-state index contributed by atoms with van der Waals surface area (Å²) in [7, 11) is 0. The van der Waals surface area contributed by atoms with Gasteiger partial charge in [0, 0.05) is 17.5 Å². The van der Waals surface area contributed by atoms with Crippen LogP contribution in [0.15, 0.2) is 64.2 Å². The second-order valence-corrected chi connectivity index (χ2v) is 8.76. The second kappa shape index (κ2) is 9.45. The van der Waals surface area contributed by atoms with Gasteiger partial charge in [0.1, 0.15) is 0 Å². The molecule has 1 amide bonds. The van der Waals surface area contributed by atoms with Crippen LogP contribution in [0.5, 0.6) is 0 Å². The van der Waals surface area contributed by atoms with Gasteiger partial charge in [-0.15, -0.1) is 28.1 Å². The number of anilines is 1. The number of allylic oxidation sites excluding steroid dienone is 1. The molecule has 1 aromatic carbocycles. The summed E-state index contributed by atoms with van der Waals surface area (Å²) in [5, 5.41) is 13.2. The van der Waals surface area contributed by atoms with Crippen LogP contribution in [0.1, 0.15) is 6.92 Å². The topological polar surface area (TPSA) is 85.8 Å². The minimum absolute atomic E-state index is 0.283. The average Bonchev–Trinajstić information content (AvgIpc) is 3.52. The van der Waals surface area contributed by atoms with E-state index in [-0.39, 0.29) is 5.91 Å². The third-order valence-electron chi connectivity index (χ3n) is 4.37. The molecule has 0 aliphatic rings. The van der Waals surface area contributed by atoms with Gasteiger partial charge in [0.2, 0.25) is 11.7 Å². The van der Waals surface area contributed by atoms with Gasteiger partial charge < -0.3 is 9.73 Å². The lowest BCUT2D eigenvalue weighted by Gasteiger charge is -2.11. The Morgan fingerprint density at radius 2 is 2.19 bits per heavy atom. The van der Waals surface area contributed by atoms with E-state index in [0.29, 0.717) is 39.7 Å². The zero-order valence-electron chi connectivity index (χ0n) is 16.8. The summed E-state index contributed by atoms with van der Waals surface area (Å²) in [4.78, 5) is 17.0. The number of hydrogen-bond donors (Lipinski definition) is 1. The van der Waals surface area contributed by atoms with Crippen LogP contribution in [0.25, 0.3) is 22.8 Å². The largest absolute Gasteiger partial charge is 0.461 e. The summed E-state index contributed by atoms with van der Waals surface area (Å²) in [6.45, 7) is 5.95. The van der Waals surface area contributed by atoms with E-state index in [1.807, 2.05) is 4.57 Å². The summed E-state index contributed by atoms with van der Waals surface area (Å²) < 4.78 is 33.8. The molecule has 0 bridgehead atoms. The number of benzene rings is 1. The number of carbonyl (C=O) groups is 1. The number of furan rings is 1. The summed E-state index contributed by atoms with van der Waals surface area (Å²) in [6, 6.07) is 7.07. The van der Waals surface area contributed by atoms with Gasteiger partial charge in [-0.2, -0.15) is 0 Å². The quantitative estimate of drug-likeness (QED) is 0.278. The van der Waals surface area contributed by atoms with E-state index in [0.717, 1.165) is 12.1 Å². The van der Waals surface area contributed by atoms with Gasteiger partial charge in [0.05, 0.1) is 17.2 Å². The van der Waals surface area contributed by atoms with Crippen LogP contribution in [0.4, 0.5) is 13.9 Å². The summed E-state index contributed by atoms with van der Waals surface area (Å²) in [5.74, 6) is -1.06. The maximum Gasteiger partial charge on any atom is 0.239 e. The standard InChI is InChI=1S/C21H17F2N5O2S2/c1-3-8-28-18(17-5-4-9-30-17)26-27-21(28)32-12(2)19(29)25-20-24-16(11-31-20)13-6-7-14(22)15(23)10-13/h3-7,9-12H,1,8H2,2H3,(H,24,25,29). The highest BCUT2D eigenvalue weighted by molar-refractivity contribution is 8.00. The van der Waals surface area contributed by atoms with E-state index in [1.54, 1.807) is 36.8 Å². The molecule has 32 heavy (non-hydrogen) atoms. The lowest BCUT2D eigenvalue weighted by atomic mass is 10.2. The zero-order chi connectivity index (χ0) is 22.7. The lowest BCUT2D eigenvalue weighted by Crippen LogP contribution is -2.22. The van der Waals surface area contributed by atoms with Crippen molar-refractivity contribution in [3.05, 3.63) is 66.3 Å².